The van der Waals surface area contributed by atoms with Crippen LogP contribution in [0.4, 0.5) is 5.95 Å². The summed E-state index contributed by atoms with van der Waals surface area (Å²) in [5, 5.41) is 0. The van der Waals surface area contributed by atoms with Crippen molar-refractivity contribution >= 4 is 30.0 Å². The van der Waals surface area contributed by atoms with E-state index in [4.69, 9.17) is 15.5 Å². The fourth-order valence-electron chi connectivity index (χ4n) is 2.51. The Morgan fingerprint density at radius 2 is 2.08 bits per heavy atom. The van der Waals surface area contributed by atoms with Gasteiger partial charge in [-0.1, -0.05) is 19.6 Å². The first-order chi connectivity index (χ1) is 11.3. The fraction of sp³-hybridized carbons (Fsp3) is 0.562. The molecule has 8 heteroatoms. The molecule has 0 bridgehead atoms. The summed E-state index contributed by atoms with van der Waals surface area (Å²) in [5.74, 6) is 1.86. The first-order valence-electron chi connectivity index (χ1n) is 8.28. The highest BCUT2D eigenvalue weighted by Gasteiger charge is 2.31. The van der Waals surface area contributed by atoms with E-state index in [2.05, 4.69) is 50.1 Å². The summed E-state index contributed by atoms with van der Waals surface area (Å²) < 4.78 is 8.90. The van der Waals surface area contributed by atoms with Crippen LogP contribution in [0.3, 0.4) is 0 Å². The van der Waals surface area contributed by atoms with Crippen LogP contribution < -0.4 is 5.73 Å². The molecule has 3 rings (SSSR count). The number of hydrogen-bond acceptors (Lipinski definition) is 5. The number of rotatable bonds is 7. The van der Waals surface area contributed by atoms with Gasteiger partial charge in [-0.05, 0) is 40.9 Å². The van der Waals surface area contributed by atoms with E-state index in [1.165, 1.54) is 12.8 Å². The molecule has 6 nitrogen and oxygen atoms in total. The van der Waals surface area contributed by atoms with E-state index in [0.29, 0.717) is 12.6 Å². The van der Waals surface area contributed by atoms with Crippen LogP contribution in [0.15, 0.2) is 16.9 Å². The molecule has 130 valence electrons. The van der Waals surface area contributed by atoms with Crippen LogP contribution in [0, 0.1) is 0 Å². The third-order valence-corrected chi connectivity index (χ3v) is 6.29. The Kier molecular flexibility index (Phi) is 5.07. The average molecular weight is 410 g/mol. The summed E-state index contributed by atoms with van der Waals surface area (Å²) in [6.07, 6.45) is 4.04. The Labute approximate surface area is 152 Å². The molecule has 0 spiro atoms. The van der Waals surface area contributed by atoms with E-state index >= 15 is 0 Å². The van der Waals surface area contributed by atoms with Crippen molar-refractivity contribution in [3.8, 4) is 11.4 Å². The topological polar surface area (TPSA) is 78.8 Å². The molecule has 0 atom stereocenters. The van der Waals surface area contributed by atoms with Crippen LogP contribution in [0.1, 0.15) is 24.6 Å². The summed E-state index contributed by atoms with van der Waals surface area (Å²) in [4.78, 5) is 13.0. The molecule has 2 aromatic heterocycles. The van der Waals surface area contributed by atoms with Crippen LogP contribution in [-0.4, -0.2) is 34.2 Å². The van der Waals surface area contributed by atoms with Crippen molar-refractivity contribution in [2.24, 2.45) is 0 Å². The molecule has 2 N–H and O–H groups in total. The highest BCUT2D eigenvalue weighted by molar-refractivity contribution is 9.10. The van der Waals surface area contributed by atoms with Crippen molar-refractivity contribution in [2.75, 3.05) is 12.3 Å². The third-order valence-electron chi connectivity index (χ3n) is 4.03. The molecule has 0 saturated heterocycles. The van der Waals surface area contributed by atoms with Crippen molar-refractivity contribution in [3.63, 3.8) is 0 Å². The molecule has 0 unspecified atom stereocenters. The zero-order valence-electron chi connectivity index (χ0n) is 14.4. The first-order valence-corrected chi connectivity index (χ1v) is 12.8. The second kappa shape index (κ2) is 6.93. The predicted octanol–water partition coefficient (Wildman–Crippen LogP) is 3.87. The minimum atomic E-state index is -1.09. The highest BCUT2D eigenvalue weighted by Crippen LogP contribution is 2.42. The van der Waals surface area contributed by atoms with Gasteiger partial charge in [0.05, 0.1) is 5.69 Å². The van der Waals surface area contributed by atoms with Crippen molar-refractivity contribution in [3.05, 3.63) is 22.7 Å². The van der Waals surface area contributed by atoms with Gasteiger partial charge in [0.25, 0.3) is 0 Å². The number of aromatic nitrogens is 4. The third kappa shape index (κ3) is 4.23. The number of nitrogens with two attached hydrogens (primary N) is 1. The summed E-state index contributed by atoms with van der Waals surface area (Å²) in [6.45, 7) is 8.34. The Hall–Kier alpha value is -1.25. The quantitative estimate of drug-likeness (QED) is 0.554. The molecule has 24 heavy (non-hydrogen) atoms. The van der Waals surface area contributed by atoms with Gasteiger partial charge in [-0.2, -0.15) is 0 Å². The number of hydrogen-bond donors (Lipinski definition) is 1. The second-order valence-corrected chi connectivity index (χ2v) is 13.8. The van der Waals surface area contributed by atoms with Gasteiger partial charge in [-0.25, -0.2) is 15.0 Å². The maximum Gasteiger partial charge on any atom is 0.220 e. The summed E-state index contributed by atoms with van der Waals surface area (Å²) in [7, 11) is -1.09. The van der Waals surface area contributed by atoms with Gasteiger partial charge in [0.2, 0.25) is 5.95 Å². The Morgan fingerprint density at radius 3 is 2.71 bits per heavy atom. The van der Waals surface area contributed by atoms with E-state index in [1.54, 1.807) is 6.20 Å². The van der Waals surface area contributed by atoms with Crippen molar-refractivity contribution < 1.29 is 4.74 Å². The summed E-state index contributed by atoms with van der Waals surface area (Å²) >= 11 is 3.58. The van der Waals surface area contributed by atoms with Gasteiger partial charge in [0.15, 0.2) is 0 Å². The highest BCUT2D eigenvalue weighted by atomic mass is 79.9. The Balaban J connectivity index is 1.85. The molecule has 2 aromatic rings. The number of ether oxygens (including phenoxy) is 1. The van der Waals surface area contributed by atoms with Gasteiger partial charge >= 0.3 is 0 Å². The summed E-state index contributed by atoms with van der Waals surface area (Å²) in [5.41, 5.74) is 7.43. The van der Waals surface area contributed by atoms with E-state index in [-0.39, 0.29) is 5.95 Å². The minimum Gasteiger partial charge on any atom is -0.368 e. The van der Waals surface area contributed by atoms with Crippen molar-refractivity contribution in [1.82, 2.24) is 19.5 Å². The molecule has 1 saturated carbocycles. The number of anilines is 1. The average Bonchev–Trinajstić information content (AvgIpc) is 3.27. The molecule has 0 aromatic carbocycles. The van der Waals surface area contributed by atoms with Crippen LogP contribution in [-0.2, 0) is 11.5 Å². The zero-order chi connectivity index (χ0) is 17.3. The van der Waals surface area contributed by atoms with Crippen molar-refractivity contribution in [2.45, 2.75) is 51.2 Å². The molecule has 0 amide bonds. The van der Waals surface area contributed by atoms with Crippen LogP contribution >= 0.6 is 15.9 Å². The molecule has 0 radical (unpaired) electrons. The number of nitrogens with zero attached hydrogens (tertiary/aromatic N) is 4. The van der Waals surface area contributed by atoms with E-state index < -0.39 is 8.07 Å². The molecule has 1 aliphatic carbocycles. The van der Waals surface area contributed by atoms with Crippen molar-refractivity contribution in [1.29, 1.82) is 0 Å². The lowest BCUT2D eigenvalue weighted by Crippen LogP contribution is -2.22. The van der Waals surface area contributed by atoms with Crippen LogP contribution in [0.2, 0.25) is 25.7 Å². The van der Waals surface area contributed by atoms with E-state index in [0.717, 1.165) is 34.5 Å². The fourth-order valence-corrected chi connectivity index (χ4v) is 3.86. The van der Waals surface area contributed by atoms with Gasteiger partial charge in [0.1, 0.15) is 22.9 Å². The van der Waals surface area contributed by atoms with Gasteiger partial charge < -0.3 is 15.0 Å². The lowest BCUT2D eigenvalue weighted by atomic mass is 10.3. The van der Waals surface area contributed by atoms with Gasteiger partial charge in [0, 0.05) is 26.8 Å². The number of imidazole rings is 1. The molecular weight excluding hydrogens is 386 g/mol. The maximum absolute atomic E-state index is 5.98. The van der Waals surface area contributed by atoms with Gasteiger partial charge in [-0.3, -0.25) is 0 Å². The minimum absolute atomic E-state index is 0.264. The maximum atomic E-state index is 5.98. The van der Waals surface area contributed by atoms with Gasteiger partial charge in [-0.15, -0.1) is 0 Å². The zero-order valence-corrected chi connectivity index (χ0v) is 17.0. The monoisotopic (exact) mass is 409 g/mol. The largest absolute Gasteiger partial charge is 0.368 e. The predicted molar refractivity (Wildman–Crippen MR) is 101 cm³/mol. The molecular formula is C16H24BrN5OSi. The lowest BCUT2D eigenvalue weighted by molar-refractivity contribution is 0.0861. The van der Waals surface area contributed by atoms with Crippen LogP contribution in [0.25, 0.3) is 11.4 Å². The standard InChI is InChI=1S/C16H24BrN5OSi/c1-24(2,3)9-8-23-10-22-13(12-6-7-19-16(18)20-12)14(17)21-15(22)11-4-5-11/h6-7,11H,4-5,8-10H2,1-3H3,(H2,18,19,20). The Morgan fingerprint density at radius 1 is 1.33 bits per heavy atom. The number of nitrogen functional groups attached to an aromatic ring is 1. The normalized spacial score (nSPS) is 15.0. The molecule has 1 aliphatic rings. The van der Waals surface area contributed by atoms with E-state index in [9.17, 15) is 0 Å². The SMILES string of the molecule is C[Si](C)(C)CCOCn1c(C2CC2)nc(Br)c1-c1ccnc(N)n1. The van der Waals surface area contributed by atoms with Crippen LogP contribution in [0.5, 0.6) is 0 Å². The smallest absolute Gasteiger partial charge is 0.220 e. The second-order valence-electron chi connectivity index (χ2n) is 7.46. The molecule has 0 aliphatic heterocycles. The van der Waals surface area contributed by atoms with E-state index in [1.807, 2.05) is 6.07 Å². The lowest BCUT2D eigenvalue weighted by Gasteiger charge is -2.17. The molecule has 2 heterocycles. The molecule has 1 fully saturated rings. The Bertz CT molecular complexity index is 724. The summed E-state index contributed by atoms with van der Waals surface area (Å²) in [6, 6.07) is 3.00. The first kappa shape index (κ1) is 17.6. The number of halogens is 1.